The van der Waals surface area contributed by atoms with Gasteiger partial charge < -0.3 is 10.1 Å². The minimum atomic E-state index is 0.0776. The van der Waals surface area contributed by atoms with Crippen molar-refractivity contribution < 1.29 is 4.74 Å². The monoisotopic (exact) mass is 293 g/mol. The Labute approximate surface area is 131 Å². The summed E-state index contributed by atoms with van der Waals surface area (Å²) >= 11 is 0. The highest BCUT2D eigenvalue weighted by atomic mass is 16.5. The highest BCUT2D eigenvalue weighted by molar-refractivity contribution is 5.59. The van der Waals surface area contributed by atoms with E-state index in [0.717, 1.165) is 18.9 Å². The van der Waals surface area contributed by atoms with E-state index in [9.17, 15) is 0 Å². The van der Waals surface area contributed by atoms with E-state index in [4.69, 9.17) is 4.74 Å². The highest BCUT2D eigenvalue weighted by Crippen LogP contribution is 2.74. The zero-order valence-electron chi connectivity index (χ0n) is 13.0. The summed E-state index contributed by atoms with van der Waals surface area (Å²) in [6, 6.07) is 6.75. The van der Waals surface area contributed by atoms with Crippen molar-refractivity contribution in [2.75, 3.05) is 6.54 Å². The molecule has 2 nitrogen and oxygen atoms in total. The summed E-state index contributed by atoms with van der Waals surface area (Å²) in [6.45, 7) is 5.41. The summed E-state index contributed by atoms with van der Waals surface area (Å²) in [5.74, 6) is 1.97. The smallest absolute Gasteiger partial charge is 0.123 e. The van der Waals surface area contributed by atoms with Crippen molar-refractivity contribution >= 4 is 0 Å². The number of nitrogens with one attached hydrogen (secondary N) is 1. The molecule has 22 heavy (non-hydrogen) atoms. The van der Waals surface area contributed by atoms with Crippen molar-refractivity contribution in [2.24, 2.45) is 11.3 Å². The first-order valence-corrected chi connectivity index (χ1v) is 8.94. The van der Waals surface area contributed by atoms with Gasteiger partial charge in [0.1, 0.15) is 11.9 Å². The van der Waals surface area contributed by atoms with E-state index in [1.54, 1.807) is 5.56 Å². The van der Waals surface area contributed by atoms with Crippen LogP contribution < -0.4 is 10.1 Å². The maximum atomic E-state index is 6.63. The van der Waals surface area contributed by atoms with Crippen LogP contribution in [0.2, 0.25) is 0 Å². The topological polar surface area (TPSA) is 21.3 Å². The molecule has 1 aromatic carbocycles. The van der Waals surface area contributed by atoms with Gasteiger partial charge in [-0.15, -0.1) is 6.58 Å². The Morgan fingerprint density at radius 2 is 2.09 bits per heavy atom. The highest BCUT2D eigenvalue weighted by Gasteiger charge is 2.76. The molecule has 2 heterocycles. The van der Waals surface area contributed by atoms with Crippen LogP contribution in [-0.2, 0) is 11.8 Å². The SMILES string of the molecule is C=CC12Cc3cccc4c3C3(CCN1)C(O4)C1CCC23CC1. The van der Waals surface area contributed by atoms with Gasteiger partial charge in [0.05, 0.1) is 0 Å². The van der Waals surface area contributed by atoms with Gasteiger partial charge in [0.15, 0.2) is 0 Å². The first kappa shape index (κ1) is 12.2. The van der Waals surface area contributed by atoms with Crippen molar-refractivity contribution in [1.82, 2.24) is 5.32 Å². The van der Waals surface area contributed by atoms with E-state index in [0.29, 0.717) is 11.5 Å². The third-order valence-electron chi connectivity index (χ3n) is 8.10. The molecule has 4 fully saturated rings. The van der Waals surface area contributed by atoms with Crippen LogP contribution in [0.15, 0.2) is 30.9 Å². The van der Waals surface area contributed by atoms with E-state index >= 15 is 0 Å². The van der Waals surface area contributed by atoms with Gasteiger partial charge in [-0.05, 0) is 62.6 Å². The van der Waals surface area contributed by atoms with Crippen molar-refractivity contribution in [3.8, 4) is 5.75 Å². The van der Waals surface area contributed by atoms with Crippen LogP contribution in [0.3, 0.4) is 0 Å². The van der Waals surface area contributed by atoms with Gasteiger partial charge in [0, 0.05) is 21.9 Å². The lowest BCUT2D eigenvalue weighted by molar-refractivity contribution is -0.165. The number of ether oxygens (including phenoxy) is 1. The van der Waals surface area contributed by atoms with Crippen molar-refractivity contribution in [3.05, 3.63) is 42.0 Å². The molecule has 2 aliphatic heterocycles. The number of hydrogen-bond acceptors (Lipinski definition) is 2. The molecule has 1 N–H and O–H groups in total. The standard InChI is InChI=1S/C20H23NO/c1-2-19-12-14-4-3-5-15-16(14)20(10-11-21-19)17(22-15)13-6-8-18(19,20)9-7-13/h2-5,13,17,21H,1,6-12H2. The average Bonchev–Trinajstić information content (AvgIpc) is 2.90. The molecule has 1 aromatic rings. The fraction of sp³-hybridized carbons (Fsp3) is 0.600. The second-order valence-corrected chi connectivity index (χ2v) is 8.25. The van der Waals surface area contributed by atoms with Gasteiger partial charge >= 0.3 is 0 Å². The van der Waals surface area contributed by atoms with Crippen LogP contribution in [0, 0.1) is 11.3 Å². The zero-order chi connectivity index (χ0) is 14.6. The summed E-state index contributed by atoms with van der Waals surface area (Å²) in [6.07, 6.45) is 10.4. The largest absolute Gasteiger partial charge is 0.489 e. The molecule has 3 unspecified atom stereocenters. The molecule has 3 atom stereocenters. The Morgan fingerprint density at radius 3 is 2.91 bits per heavy atom. The third kappa shape index (κ3) is 0.949. The zero-order valence-corrected chi connectivity index (χ0v) is 13.0. The Bertz CT molecular complexity index is 702. The molecule has 0 radical (unpaired) electrons. The van der Waals surface area contributed by atoms with Crippen molar-refractivity contribution in [3.63, 3.8) is 0 Å². The molecule has 114 valence electrons. The first-order valence-electron chi connectivity index (χ1n) is 8.94. The molecule has 4 bridgehead atoms. The van der Waals surface area contributed by atoms with Gasteiger partial charge in [-0.25, -0.2) is 0 Å². The summed E-state index contributed by atoms with van der Waals surface area (Å²) in [7, 11) is 0. The minimum Gasteiger partial charge on any atom is -0.489 e. The molecule has 4 aliphatic carbocycles. The lowest BCUT2D eigenvalue weighted by Crippen LogP contribution is -2.79. The van der Waals surface area contributed by atoms with E-state index < -0.39 is 0 Å². The summed E-state index contributed by atoms with van der Waals surface area (Å²) in [5, 5.41) is 3.93. The number of fused-ring (bicyclic) bond motifs is 2. The van der Waals surface area contributed by atoms with Crippen LogP contribution in [0.1, 0.15) is 43.2 Å². The number of piperidine rings is 1. The molecule has 2 spiro atoms. The molecular formula is C20H23NO. The Morgan fingerprint density at radius 1 is 1.23 bits per heavy atom. The fourth-order valence-electron chi connectivity index (χ4n) is 7.47. The van der Waals surface area contributed by atoms with Crippen LogP contribution in [-0.4, -0.2) is 18.2 Å². The Kier molecular flexibility index (Phi) is 1.91. The van der Waals surface area contributed by atoms with Crippen LogP contribution in [0.4, 0.5) is 0 Å². The number of benzene rings is 1. The van der Waals surface area contributed by atoms with Gasteiger partial charge in [-0.2, -0.15) is 0 Å². The van der Waals surface area contributed by atoms with E-state index in [1.165, 1.54) is 43.4 Å². The molecule has 0 aromatic heterocycles. The molecule has 3 saturated carbocycles. The third-order valence-corrected chi connectivity index (χ3v) is 8.10. The normalized spacial score (nSPS) is 49.5. The number of rotatable bonds is 1. The van der Waals surface area contributed by atoms with Gasteiger partial charge in [0.25, 0.3) is 0 Å². The summed E-state index contributed by atoms with van der Waals surface area (Å²) in [4.78, 5) is 0. The Hall–Kier alpha value is -1.28. The fourth-order valence-corrected chi connectivity index (χ4v) is 7.47. The van der Waals surface area contributed by atoms with E-state index in [2.05, 4.69) is 36.2 Å². The lowest BCUT2D eigenvalue weighted by Gasteiger charge is -2.72. The van der Waals surface area contributed by atoms with Gasteiger partial charge in [0.2, 0.25) is 0 Å². The van der Waals surface area contributed by atoms with Gasteiger partial charge in [-0.3, -0.25) is 0 Å². The second-order valence-electron chi connectivity index (χ2n) is 8.25. The number of hydrogen-bond donors (Lipinski definition) is 1. The van der Waals surface area contributed by atoms with Gasteiger partial charge in [-0.1, -0.05) is 18.2 Å². The molecule has 2 heteroatoms. The second kappa shape index (κ2) is 3.46. The van der Waals surface area contributed by atoms with Crippen LogP contribution in [0.5, 0.6) is 5.75 Å². The molecule has 6 aliphatic rings. The van der Waals surface area contributed by atoms with Crippen LogP contribution >= 0.6 is 0 Å². The maximum absolute atomic E-state index is 6.63. The van der Waals surface area contributed by atoms with E-state index in [-0.39, 0.29) is 11.0 Å². The Balaban J connectivity index is 1.77. The van der Waals surface area contributed by atoms with Crippen LogP contribution in [0.25, 0.3) is 0 Å². The maximum Gasteiger partial charge on any atom is 0.123 e. The van der Waals surface area contributed by atoms with Crippen molar-refractivity contribution in [1.29, 1.82) is 0 Å². The molecule has 7 rings (SSSR count). The predicted molar refractivity (Wildman–Crippen MR) is 86.2 cm³/mol. The summed E-state index contributed by atoms with van der Waals surface area (Å²) in [5.41, 5.74) is 3.79. The predicted octanol–water partition coefficient (Wildman–Crippen LogP) is 3.35. The van der Waals surface area contributed by atoms with Crippen molar-refractivity contribution in [2.45, 2.75) is 55.6 Å². The molecular weight excluding hydrogens is 270 g/mol. The van der Waals surface area contributed by atoms with E-state index in [1.807, 2.05) is 0 Å². The molecule has 0 amide bonds. The minimum absolute atomic E-state index is 0.0776. The quantitative estimate of drug-likeness (QED) is 0.802. The lowest BCUT2D eigenvalue weighted by atomic mass is 9.34. The molecule has 1 saturated heterocycles. The first-order chi connectivity index (χ1) is 10.8. The summed E-state index contributed by atoms with van der Waals surface area (Å²) < 4.78 is 6.63. The average molecular weight is 293 g/mol.